The van der Waals surface area contributed by atoms with E-state index in [9.17, 15) is 9.90 Å². The lowest BCUT2D eigenvalue weighted by Gasteiger charge is -2.28. The zero-order chi connectivity index (χ0) is 15.4. The van der Waals surface area contributed by atoms with E-state index in [0.29, 0.717) is 17.1 Å². The maximum atomic E-state index is 11.9. The number of nitrogens with zero attached hydrogens (tertiary/aromatic N) is 1. The predicted molar refractivity (Wildman–Crippen MR) is 81.9 cm³/mol. The third-order valence-electron chi connectivity index (χ3n) is 3.81. The van der Waals surface area contributed by atoms with Gasteiger partial charge in [-0.2, -0.15) is 5.10 Å². The van der Waals surface area contributed by atoms with Crippen LogP contribution in [0.1, 0.15) is 36.2 Å². The monoisotopic (exact) mass is 301 g/mol. The maximum absolute atomic E-state index is 11.9. The molecule has 1 aliphatic carbocycles. The Balaban J connectivity index is 1.59. The number of nitrogens with one attached hydrogen (secondary N) is 2. The van der Waals surface area contributed by atoms with Gasteiger partial charge in [-0.05, 0) is 49.6 Å². The first-order chi connectivity index (χ1) is 10.7. The molecule has 0 radical (unpaired) electrons. The molecule has 22 heavy (non-hydrogen) atoms. The number of benzene rings is 1. The van der Waals surface area contributed by atoms with Gasteiger partial charge in [0, 0.05) is 11.9 Å². The molecule has 2 unspecified atom stereocenters. The highest BCUT2D eigenvalue weighted by Crippen LogP contribution is 2.25. The van der Waals surface area contributed by atoms with Gasteiger partial charge in [-0.3, -0.25) is 9.89 Å². The standard InChI is InChI=1S/C16H19N3O3/c20-14-3-1-2-4-15(14)22-12-7-5-11(6-8-12)18-16(21)13-9-10-17-19-13/h5-10,14-15,20H,1-4H2,(H,17,19)(H,18,21). The van der Waals surface area contributed by atoms with Gasteiger partial charge >= 0.3 is 0 Å². The molecule has 0 spiro atoms. The fourth-order valence-electron chi connectivity index (χ4n) is 2.59. The van der Waals surface area contributed by atoms with Gasteiger partial charge in [0.05, 0.1) is 6.10 Å². The molecule has 2 aromatic rings. The topological polar surface area (TPSA) is 87.2 Å². The van der Waals surface area contributed by atoms with E-state index < -0.39 is 6.10 Å². The summed E-state index contributed by atoms with van der Waals surface area (Å²) in [5, 5.41) is 19.0. The molecule has 116 valence electrons. The van der Waals surface area contributed by atoms with Crippen LogP contribution in [0, 0.1) is 0 Å². The number of hydrogen-bond donors (Lipinski definition) is 3. The Bertz CT molecular complexity index is 610. The largest absolute Gasteiger partial charge is 0.488 e. The second kappa shape index (κ2) is 6.62. The molecule has 0 bridgehead atoms. The number of aromatic amines is 1. The Kier molecular flexibility index (Phi) is 4.39. The number of ether oxygens (including phenoxy) is 1. The molecule has 3 N–H and O–H groups in total. The summed E-state index contributed by atoms with van der Waals surface area (Å²) < 4.78 is 5.82. The first-order valence-corrected chi connectivity index (χ1v) is 7.48. The van der Waals surface area contributed by atoms with Crippen LogP contribution in [0.2, 0.25) is 0 Å². The van der Waals surface area contributed by atoms with Crippen molar-refractivity contribution in [3.63, 3.8) is 0 Å². The van der Waals surface area contributed by atoms with Crippen LogP contribution in [0.25, 0.3) is 0 Å². The first-order valence-electron chi connectivity index (χ1n) is 7.48. The normalized spacial score (nSPS) is 21.3. The minimum Gasteiger partial charge on any atom is -0.488 e. The van der Waals surface area contributed by atoms with Crippen molar-refractivity contribution in [2.45, 2.75) is 37.9 Å². The number of rotatable bonds is 4. The van der Waals surface area contributed by atoms with Crippen LogP contribution in [0.5, 0.6) is 5.75 Å². The highest BCUT2D eigenvalue weighted by atomic mass is 16.5. The molecule has 2 atom stereocenters. The number of carbonyl (C=O) groups excluding carboxylic acids is 1. The Labute approximate surface area is 128 Å². The molecular formula is C16H19N3O3. The summed E-state index contributed by atoms with van der Waals surface area (Å²) in [5.74, 6) is 0.458. The molecule has 1 aromatic heterocycles. The van der Waals surface area contributed by atoms with Gasteiger partial charge in [-0.15, -0.1) is 0 Å². The number of amides is 1. The number of hydrogen-bond acceptors (Lipinski definition) is 4. The van der Waals surface area contributed by atoms with Crippen molar-refractivity contribution < 1.29 is 14.6 Å². The second-order valence-electron chi connectivity index (χ2n) is 5.46. The summed E-state index contributed by atoms with van der Waals surface area (Å²) in [5.41, 5.74) is 1.08. The lowest BCUT2D eigenvalue weighted by molar-refractivity contribution is 0.00688. The van der Waals surface area contributed by atoms with Gasteiger partial charge in [-0.1, -0.05) is 6.42 Å². The molecule has 6 heteroatoms. The summed E-state index contributed by atoms with van der Waals surface area (Å²) in [6.07, 6.45) is 4.80. The average Bonchev–Trinajstić information content (AvgIpc) is 3.06. The molecule has 6 nitrogen and oxygen atoms in total. The van der Waals surface area contributed by atoms with Crippen LogP contribution in [-0.4, -0.2) is 33.4 Å². The van der Waals surface area contributed by atoms with Crippen LogP contribution in [0.3, 0.4) is 0 Å². The molecule has 3 rings (SSSR count). The fourth-order valence-corrected chi connectivity index (χ4v) is 2.59. The van der Waals surface area contributed by atoms with Gasteiger partial charge < -0.3 is 15.2 Å². The van der Waals surface area contributed by atoms with E-state index in [4.69, 9.17) is 4.74 Å². The number of H-pyrrole nitrogens is 1. The van der Waals surface area contributed by atoms with Crippen molar-refractivity contribution in [2.24, 2.45) is 0 Å². The van der Waals surface area contributed by atoms with Crippen molar-refractivity contribution in [3.05, 3.63) is 42.2 Å². The molecule has 1 aromatic carbocycles. The lowest BCUT2D eigenvalue weighted by Crippen LogP contribution is -2.34. The zero-order valence-corrected chi connectivity index (χ0v) is 12.2. The zero-order valence-electron chi connectivity index (χ0n) is 12.2. The summed E-state index contributed by atoms with van der Waals surface area (Å²) in [6, 6.07) is 8.75. The predicted octanol–water partition coefficient (Wildman–Crippen LogP) is 2.34. The van der Waals surface area contributed by atoms with Crippen molar-refractivity contribution in [1.29, 1.82) is 0 Å². The van der Waals surface area contributed by atoms with Gasteiger partial charge in [0.1, 0.15) is 17.5 Å². The van der Waals surface area contributed by atoms with Crippen LogP contribution < -0.4 is 10.1 Å². The maximum Gasteiger partial charge on any atom is 0.273 e. The van der Waals surface area contributed by atoms with Gasteiger partial charge in [0.25, 0.3) is 5.91 Å². The van der Waals surface area contributed by atoms with E-state index in [-0.39, 0.29) is 12.0 Å². The number of carbonyl (C=O) groups is 1. The molecule has 1 fully saturated rings. The number of aromatic nitrogens is 2. The van der Waals surface area contributed by atoms with Gasteiger partial charge in [0.15, 0.2) is 0 Å². The summed E-state index contributed by atoms with van der Waals surface area (Å²) in [7, 11) is 0. The summed E-state index contributed by atoms with van der Waals surface area (Å²) >= 11 is 0. The van der Waals surface area contributed by atoms with Gasteiger partial charge in [-0.25, -0.2) is 0 Å². The highest BCUT2D eigenvalue weighted by Gasteiger charge is 2.24. The van der Waals surface area contributed by atoms with E-state index in [1.807, 2.05) is 0 Å². The third-order valence-corrected chi connectivity index (χ3v) is 3.81. The quantitative estimate of drug-likeness (QED) is 0.809. The van der Waals surface area contributed by atoms with E-state index in [0.717, 1.165) is 25.7 Å². The van der Waals surface area contributed by atoms with Crippen molar-refractivity contribution in [2.75, 3.05) is 5.32 Å². The Morgan fingerprint density at radius 1 is 1.23 bits per heavy atom. The Morgan fingerprint density at radius 2 is 2.00 bits per heavy atom. The molecule has 1 amide bonds. The lowest BCUT2D eigenvalue weighted by atomic mass is 9.95. The Hall–Kier alpha value is -2.34. The smallest absolute Gasteiger partial charge is 0.273 e. The first kappa shape index (κ1) is 14.6. The molecule has 1 saturated carbocycles. The van der Waals surface area contributed by atoms with E-state index in [1.54, 1.807) is 30.3 Å². The van der Waals surface area contributed by atoms with Crippen molar-refractivity contribution in [1.82, 2.24) is 10.2 Å². The van der Waals surface area contributed by atoms with Crippen molar-refractivity contribution in [3.8, 4) is 5.75 Å². The average molecular weight is 301 g/mol. The van der Waals surface area contributed by atoms with E-state index in [2.05, 4.69) is 15.5 Å². The SMILES string of the molecule is O=C(Nc1ccc(OC2CCCCC2O)cc1)c1ccn[nH]1. The number of anilines is 1. The number of aliphatic hydroxyl groups excluding tert-OH is 1. The van der Waals surface area contributed by atoms with Crippen LogP contribution >= 0.6 is 0 Å². The molecule has 0 saturated heterocycles. The molecular weight excluding hydrogens is 282 g/mol. The third kappa shape index (κ3) is 3.46. The van der Waals surface area contributed by atoms with Crippen LogP contribution in [0.4, 0.5) is 5.69 Å². The minimum atomic E-state index is -0.395. The Morgan fingerprint density at radius 3 is 2.68 bits per heavy atom. The fraction of sp³-hybridized carbons (Fsp3) is 0.375. The summed E-state index contributed by atoms with van der Waals surface area (Å²) in [6.45, 7) is 0. The van der Waals surface area contributed by atoms with Gasteiger partial charge in [0.2, 0.25) is 0 Å². The minimum absolute atomic E-state index is 0.140. The molecule has 1 aliphatic rings. The molecule has 1 heterocycles. The summed E-state index contributed by atoms with van der Waals surface area (Å²) in [4.78, 5) is 11.9. The van der Waals surface area contributed by atoms with Crippen molar-refractivity contribution >= 4 is 11.6 Å². The van der Waals surface area contributed by atoms with Crippen LogP contribution in [-0.2, 0) is 0 Å². The second-order valence-corrected chi connectivity index (χ2v) is 5.46. The van der Waals surface area contributed by atoms with E-state index >= 15 is 0 Å². The number of aliphatic hydroxyl groups is 1. The van der Waals surface area contributed by atoms with Crippen LogP contribution in [0.15, 0.2) is 36.5 Å². The highest BCUT2D eigenvalue weighted by molar-refractivity contribution is 6.02. The molecule has 0 aliphatic heterocycles. The van der Waals surface area contributed by atoms with E-state index in [1.165, 1.54) is 6.20 Å².